The third-order valence-electron chi connectivity index (χ3n) is 2.04. The van der Waals surface area contributed by atoms with E-state index in [4.69, 9.17) is 5.11 Å². The topological polar surface area (TPSA) is 55.1 Å². The molecule has 4 heteroatoms. The molecule has 0 fully saturated rings. The fraction of sp³-hybridized carbons (Fsp3) is 0.556. The fourth-order valence-electron chi connectivity index (χ4n) is 1.23. The molecule has 0 saturated carbocycles. The van der Waals surface area contributed by atoms with Gasteiger partial charge in [-0.2, -0.15) is 5.10 Å². The van der Waals surface area contributed by atoms with Gasteiger partial charge in [-0.05, 0) is 12.5 Å². The first kappa shape index (κ1) is 9.77. The SMILES string of the molecule is Cc1cn(C)nc1CC(C)C(=O)O. The standard InChI is InChI=1S/C9H14N2O2/c1-6(9(12)13)4-8-7(2)5-11(3)10-8/h5-6H,4H2,1-3H3,(H,12,13). The van der Waals surface area contributed by atoms with Crippen LogP contribution in [0, 0.1) is 12.8 Å². The van der Waals surface area contributed by atoms with E-state index in [1.165, 1.54) is 0 Å². The first-order chi connectivity index (χ1) is 6.00. The number of rotatable bonds is 3. The normalized spacial score (nSPS) is 12.8. The summed E-state index contributed by atoms with van der Waals surface area (Å²) in [6, 6.07) is 0. The average Bonchev–Trinajstić information content (AvgIpc) is 2.30. The van der Waals surface area contributed by atoms with E-state index in [1.807, 2.05) is 20.2 Å². The van der Waals surface area contributed by atoms with Crippen molar-refractivity contribution in [1.82, 2.24) is 9.78 Å². The fourth-order valence-corrected chi connectivity index (χ4v) is 1.23. The number of carbonyl (C=O) groups is 1. The number of hydrogen-bond acceptors (Lipinski definition) is 2. The second kappa shape index (κ2) is 3.60. The molecule has 1 unspecified atom stereocenters. The van der Waals surface area contributed by atoms with Crippen LogP contribution in [0.3, 0.4) is 0 Å². The Morgan fingerprint density at radius 2 is 2.38 bits per heavy atom. The highest BCUT2D eigenvalue weighted by Crippen LogP contribution is 2.10. The van der Waals surface area contributed by atoms with Gasteiger partial charge in [0.15, 0.2) is 0 Å². The highest BCUT2D eigenvalue weighted by atomic mass is 16.4. The van der Waals surface area contributed by atoms with Gasteiger partial charge in [-0.1, -0.05) is 6.92 Å². The Kier molecular flexibility index (Phi) is 2.70. The van der Waals surface area contributed by atoms with E-state index < -0.39 is 5.97 Å². The van der Waals surface area contributed by atoms with Crippen LogP contribution < -0.4 is 0 Å². The number of nitrogens with zero attached hydrogens (tertiary/aromatic N) is 2. The predicted octanol–water partition coefficient (Wildman–Crippen LogP) is 0.992. The van der Waals surface area contributed by atoms with Crippen LogP contribution in [0.2, 0.25) is 0 Å². The largest absolute Gasteiger partial charge is 0.481 e. The molecule has 0 spiro atoms. The maximum absolute atomic E-state index is 10.6. The Balaban J connectivity index is 2.74. The molecule has 1 aromatic rings. The van der Waals surface area contributed by atoms with Crippen LogP contribution in [0.5, 0.6) is 0 Å². The first-order valence-electron chi connectivity index (χ1n) is 4.22. The summed E-state index contributed by atoms with van der Waals surface area (Å²) in [5.74, 6) is -1.14. The molecular formula is C9H14N2O2. The molecule has 0 aliphatic heterocycles. The van der Waals surface area contributed by atoms with Gasteiger partial charge in [0.2, 0.25) is 0 Å². The molecule has 1 aromatic heterocycles. The quantitative estimate of drug-likeness (QED) is 0.758. The van der Waals surface area contributed by atoms with Crippen molar-refractivity contribution in [2.75, 3.05) is 0 Å². The summed E-state index contributed by atoms with van der Waals surface area (Å²) >= 11 is 0. The van der Waals surface area contributed by atoms with Crippen LogP contribution in [0.15, 0.2) is 6.20 Å². The maximum Gasteiger partial charge on any atom is 0.306 e. The van der Waals surface area contributed by atoms with Gasteiger partial charge < -0.3 is 5.11 Å². The van der Waals surface area contributed by atoms with Crippen molar-refractivity contribution in [3.05, 3.63) is 17.5 Å². The van der Waals surface area contributed by atoms with Gasteiger partial charge >= 0.3 is 5.97 Å². The minimum absolute atomic E-state index is 0.367. The maximum atomic E-state index is 10.6. The molecule has 0 aliphatic carbocycles. The highest BCUT2D eigenvalue weighted by molar-refractivity contribution is 5.69. The van der Waals surface area contributed by atoms with Crippen molar-refractivity contribution in [3.63, 3.8) is 0 Å². The summed E-state index contributed by atoms with van der Waals surface area (Å²) < 4.78 is 1.71. The number of carboxylic acids is 1. The summed E-state index contributed by atoms with van der Waals surface area (Å²) in [4.78, 5) is 10.6. The second-order valence-corrected chi connectivity index (χ2v) is 3.38. The minimum atomic E-state index is -0.773. The van der Waals surface area contributed by atoms with Gasteiger partial charge in [-0.3, -0.25) is 9.48 Å². The van der Waals surface area contributed by atoms with Gasteiger partial charge in [0.1, 0.15) is 0 Å². The van der Waals surface area contributed by atoms with Crippen molar-refractivity contribution < 1.29 is 9.90 Å². The zero-order chi connectivity index (χ0) is 10.0. The van der Waals surface area contributed by atoms with Crippen LogP contribution in [0.4, 0.5) is 0 Å². The van der Waals surface area contributed by atoms with E-state index in [1.54, 1.807) is 11.6 Å². The van der Waals surface area contributed by atoms with Crippen LogP contribution >= 0.6 is 0 Å². The number of aryl methyl sites for hydroxylation is 2. The van der Waals surface area contributed by atoms with Gasteiger partial charge in [-0.15, -0.1) is 0 Å². The number of carboxylic acid groups (broad SMARTS) is 1. The Labute approximate surface area is 77.2 Å². The molecule has 0 aromatic carbocycles. The molecule has 72 valence electrons. The molecule has 0 radical (unpaired) electrons. The lowest BCUT2D eigenvalue weighted by Crippen LogP contribution is -2.13. The highest BCUT2D eigenvalue weighted by Gasteiger charge is 2.14. The predicted molar refractivity (Wildman–Crippen MR) is 48.4 cm³/mol. The summed E-state index contributed by atoms with van der Waals surface area (Å²) in [6.45, 7) is 3.63. The molecule has 0 saturated heterocycles. The molecule has 0 bridgehead atoms. The lowest BCUT2D eigenvalue weighted by molar-refractivity contribution is -0.141. The Bertz CT molecular complexity index is 317. The first-order valence-corrected chi connectivity index (χ1v) is 4.22. The summed E-state index contributed by atoms with van der Waals surface area (Å²) in [5, 5.41) is 12.9. The van der Waals surface area contributed by atoms with Gasteiger partial charge in [-0.25, -0.2) is 0 Å². The molecule has 1 N–H and O–H groups in total. The van der Waals surface area contributed by atoms with E-state index >= 15 is 0 Å². The van der Waals surface area contributed by atoms with Crippen molar-refractivity contribution in [3.8, 4) is 0 Å². The number of aliphatic carboxylic acids is 1. The smallest absolute Gasteiger partial charge is 0.306 e. The van der Waals surface area contributed by atoms with Crippen molar-refractivity contribution in [2.45, 2.75) is 20.3 Å². The molecular weight excluding hydrogens is 168 g/mol. The van der Waals surface area contributed by atoms with E-state index in [-0.39, 0.29) is 5.92 Å². The second-order valence-electron chi connectivity index (χ2n) is 3.38. The Morgan fingerprint density at radius 3 is 2.77 bits per heavy atom. The molecule has 0 amide bonds. The van der Waals surface area contributed by atoms with E-state index in [0.29, 0.717) is 6.42 Å². The Hall–Kier alpha value is -1.32. The van der Waals surface area contributed by atoms with Gasteiger partial charge in [0.05, 0.1) is 11.6 Å². The van der Waals surface area contributed by atoms with Gasteiger partial charge in [0.25, 0.3) is 0 Å². The monoisotopic (exact) mass is 182 g/mol. The lowest BCUT2D eigenvalue weighted by atomic mass is 10.0. The van der Waals surface area contributed by atoms with E-state index in [9.17, 15) is 4.79 Å². The van der Waals surface area contributed by atoms with Crippen LogP contribution in [-0.2, 0) is 18.3 Å². The van der Waals surface area contributed by atoms with Crippen LogP contribution in [0.1, 0.15) is 18.2 Å². The zero-order valence-corrected chi connectivity index (χ0v) is 8.11. The molecule has 4 nitrogen and oxygen atoms in total. The number of hydrogen-bond donors (Lipinski definition) is 1. The van der Waals surface area contributed by atoms with Crippen LogP contribution in [-0.4, -0.2) is 20.9 Å². The third kappa shape index (κ3) is 2.31. The van der Waals surface area contributed by atoms with Gasteiger partial charge in [0, 0.05) is 19.7 Å². The Morgan fingerprint density at radius 1 is 1.77 bits per heavy atom. The molecule has 1 atom stereocenters. The summed E-state index contributed by atoms with van der Waals surface area (Å²) in [6.07, 6.45) is 2.39. The number of aromatic nitrogens is 2. The minimum Gasteiger partial charge on any atom is -0.481 e. The zero-order valence-electron chi connectivity index (χ0n) is 8.11. The third-order valence-corrected chi connectivity index (χ3v) is 2.04. The molecule has 1 rings (SSSR count). The van der Waals surface area contributed by atoms with Crippen molar-refractivity contribution in [2.24, 2.45) is 13.0 Å². The molecule has 1 heterocycles. The van der Waals surface area contributed by atoms with E-state index in [2.05, 4.69) is 5.10 Å². The molecule has 13 heavy (non-hydrogen) atoms. The lowest BCUT2D eigenvalue weighted by Gasteiger charge is -2.03. The summed E-state index contributed by atoms with van der Waals surface area (Å²) in [7, 11) is 1.84. The molecule has 0 aliphatic rings. The van der Waals surface area contributed by atoms with E-state index in [0.717, 1.165) is 11.3 Å². The van der Waals surface area contributed by atoms with Crippen molar-refractivity contribution in [1.29, 1.82) is 0 Å². The average molecular weight is 182 g/mol. The van der Waals surface area contributed by atoms with Crippen LogP contribution in [0.25, 0.3) is 0 Å². The van der Waals surface area contributed by atoms with Crippen molar-refractivity contribution >= 4 is 5.97 Å². The summed E-state index contributed by atoms with van der Waals surface area (Å²) in [5.41, 5.74) is 1.92.